The Kier molecular flexibility index (Phi) is 3.52. The maximum absolute atomic E-state index is 5.91. The molecule has 0 amide bonds. The van der Waals surface area contributed by atoms with Crippen molar-refractivity contribution in [1.29, 1.82) is 0 Å². The minimum absolute atomic E-state index is 0.115. The van der Waals surface area contributed by atoms with Gasteiger partial charge in [0.25, 0.3) is 0 Å². The minimum atomic E-state index is 0.115. The third-order valence-electron chi connectivity index (χ3n) is 2.69. The number of hydrogen-bond donors (Lipinski definition) is 1. The first-order valence-electron chi connectivity index (χ1n) is 5.73. The molecule has 0 saturated carbocycles. The fourth-order valence-corrected chi connectivity index (χ4v) is 2.17. The van der Waals surface area contributed by atoms with Crippen LogP contribution >= 0.6 is 11.6 Å². The van der Waals surface area contributed by atoms with Crippen LogP contribution in [0.15, 0.2) is 12.3 Å². The summed E-state index contributed by atoms with van der Waals surface area (Å²) in [5, 5.41) is 8.08. The van der Waals surface area contributed by atoms with Gasteiger partial charge in [0.05, 0.1) is 11.7 Å². The third-order valence-corrected chi connectivity index (χ3v) is 2.88. The second kappa shape index (κ2) is 4.94. The quantitative estimate of drug-likeness (QED) is 0.867. The normalized spacial score (nSPS) is 12.5. The summed E-state index contributed by atoms with van der Waals surface area (Å²) in [4.78, 5) is 8.34. The van der Waals surface area contributed by atoms with Gasteiger partial charge >= 0.3 is 0 Å². The summed E-state index contributed by atoms with van der Waals surface area (Å²) in [7, 11) is 1.91. The van der Waals surface area contributed by atoms with Gasteiger partial charge in [-0.2, -0.15) is 5.10 Å². The van der Waals surface area contributed by atoms with Gasteiger partial charge < -0.3 is 5.32 Å². The van der Waals surface area contributed by atoms with Gasteiger partial charge in [0.15, 0.2) is 0 Å². The minimum Gasteiger partial charge on any atom is -0.363 e. The molecule has 0 fully saturated rings. The van der Waals surface area contributed by atoms with E-state index >= 15 is 0 Å². The number of aryl methyl sites for hydroxylation is 3. The molecule has 0 unspecified atom stereocenters. The molecule has 2 aromatic rings. The average molecular weight is 266 g/mol. The predicted molar refractivity (Wildman–Crippen MR) is 71.8 cm³/mol. The van der Waals surface area contributed by atoms with Crippen molar-refractivity contribution in [3.8, 4) is 0 Å². The number of anilines is 1. The molecule has 1 atom stereocenters. The number of nitrogens with zero attached hydrogens (tertiary/aromatic N) is 4. The molecule has 0 bridgehead atoms. The van der Waals surface area contributed by atoms with Crippen LogP contribution in [-0.2, 0) is 7.05 Å². The molecule has 0 aliphatic rings. The Labute approximate surface area is 111 Å². The van der Waals surface area contributed by atoms with E-state index in [0.717, 1.165) is 17.1 Å². The highest BCUT2D eigenvalue weighted by molar-refractivity contribution is 6.29. The summed E-state index contributed by atoms with van der Waals surface area (Å²) in [6.07, 6.45) is 2.00. The standard InChI is InChI=1S/C12H16ClN5/c1-7(10-6-18(4)17-8(10)2)14-12-5-11(13)15-9(3)16-12/h5-7H,1-4H3,(H,14,15,16)/t7-/m0/s1. The maximum Gasteiger partial charge on any atom is 0.134 e. The highest BCUT2D eigenvalue weighted by Crippen LogP contribution is 2.21. The van der Waals surface area contributed by atoms with E-state index < -0.39 is 0 Å². The first-order chi connectivity index (χ1) is 8.45. The SMILES string of the molecule is Cc1nc(Cl)cc(N[C@@H](C)c2cn(C)nc2C)n1. The van der Waals surface area contributed by atoms with Crippen molar-refractivity contribution in [3.63, 3.8) is 0 Å². The summed E-state index contributed by atoms with van der Waals surface area (Å²) in [6.45, 7) is 5.87. The molecule has 96 valence electrons. The average Bonchev–Trinajstić information content (AvgIpc) is 2.56. The molecular weight excluding hydrogens is 250 g/mol. The molecule has 0 radical (unpaired) electrons. The lowest BCUT2D eigenvalue weighted by Gasteiger charge is -2.14. The van der Waals surface area contributed by atoms with Gasteiger partial charge in [-0.05, 0) is 20.8 Å². The van der Waals surface area contributed by atoms with Crippen molar-refractivity contribution in [1.82, 2.24) is 19.7 Å². The molecule has 0 spiro atoms. The second-order valence-corrected chi connectivity index (χ2v) is 4.72. The first-order valence-corrected chi connectivity index (χ1v) is 6.11. The molecule has 18 heavy (non-hydrogen) atoms. The molecular formula is C12H16ClN5. The summed E-state index contributed by atoms with van der Waals surface area (Å²) in [6, 6.07) is 1.83. The van der Waals surface area contributed by atoms with Crippen LogP contribution in [0, 0.1) is 13.8 Å². The van der Waals surface area contributed by atoms with Crippen molar-refractivity contribution in [2.45, 2.75) is 26.8 Å². The number of hydrogen-bond acceptors (Lipinski definition) is 4. The third kappa shape index (κ3) is 2.79. The van der Waals surface area contributed by atoms with Crippen molar-refractivity contribution >= 4 is 17.4 Å². The summed E-state index contributed by atoms with van der Waals surface area (Å²) in [5.74, 6) is 1.38. The van der Waals surface area contributed by atoms with E-state index in [0.29, 0.717) is 11.0 Å². The number of rotatable bonds is 3. The fraction of sp³-hybridized carbons (Fsp3) is 0.417. The Morgan fingerprint density at radius 3 is 2.61 bits per heavy atom. The summed E-state index contributed by atoms with van der Waals surface area (Å²) >= 11 is 5.91. The van der Waals surface area contributed by atoms with Crippen LogP contribution in [0.4, 0.5) is 5.82 Å². The van der Waals surface area contributed by atoms with Gasteiger partial charge in [0.1, 0.15) is 16.8 Å². The topological polar surface area (TPSA) is 55.6 Å². The van der Waals surface area contributed by atoms with Crippen LogP contribution in [0.5, 0.6) is 0 Å². The Morgan fingerprint density at radius 2 is 2.06 bits per heavy atom. The zero-order chi connectivity index (χ0) is 13.3. The van der Waals surface area contributed by atoms with Crippen LogP contribution in [0.3, 0.4) is 0 Å². The van der Waals surface area contributed by atoms with Gasteiger partial charge in [-0.15, -0.1) is 0 Å². The molecule has 0 aliphatic carbocycles. The van der Waals surface area contributed by atoms with Gasteiger partial charge in [0.2, 0.25) is 0 Å². The van der Waals surface area contributed by atoms with E-state index in [1.54, 1.807) is 10.7 Å². The van der Waals surface area contributed by atoms with E-state index in [2.05, 4.69) is 27.3 Å². The van der Waals surface area contributed by atoms with Gasteiger partial charge in [0, 0.05) is 24.9 Å². The lowest BCUT2D eigenvalue weighted by molar-refractivity contribution is 0.756. The molecule has 1 N–H and O–H groups in total. The fourth-order valence-electron chi connectivity index (χ4n) is 1.95. The molecule has 0 aliphatic heterocycles. The number of nitrogens with one attached hydrogen (secondary N) is 1. The van der Waals surface area contributed by atoms with E-state index in [1.807, 2.05) is 27.1 Å². The number of aromatic nitrogens is 4. The van der Waals surface area contributed by atoms with Crippen LogP contribution in [0.1, 0.15) is 30.0 Å². The zero-order valence-corrected chi connectivity index (χ0v) is 11.7. The van der Waals surface area contributed by atoms with E-state index in [4.69, 9.17) is 11.6 Å². The summed E-state index contributed by atoms with van der Waals surface area (Å²) < 4.78 is 1.81. The van der Waals surface area contributed by atoms with Gasteiger partial charge in [-0.25, -0.2) is 9.97 Å². The molecule has 0 saturated heterocycles. The monoisotopic (exact) mass is 265 g/mol. The molecule has 6 heteroatoms. The lowest BCUT2D eigenvalue weighted by atomic mass is 10.1. The lowest BCUT2D eigenvalue weighted by Crippen LogP contribution is -2.09. The Hall–Kier alpha value is -1.62. The van der Waals surface area contributed by atoms with Crippen LogP contribution < -0.4 is 5.32 Å². The predicted octanol–water partition coefficient (Wildman–Crippen LogP) is 2.65. The van der Waals surface area contributed by atoms with E-state index in [1.165, 1.54) is 0 Å². The highest BCUT2D eigenvalue weighted by atomic mass is 35.5. The second-order valence-electron chi connectivity index (χ2n) is 4.33. The van der Waals surface area contributed by atoms with Crippen molar-refractivity contribution in [3.05, 3.63) is 34.5 Å². The number of halogens is 1. The van der Waals surface area contributed by atoms with Crippen LogP contribution in [-0.4, -0.2) is 19.7 Å². The molecule has 5 nitrogen and oxygen atoms in total. The Balaban J connectivity index is 2.20. The summed E-state index contributed by atoms with van der Waals surface area (Å²) in [5.41, 5.74) is 2.15. The van der Waals surface area contributed by atoms with Crippen LogP contribution in [0.2, 0.25) is 5.15 Å². The van der Waals surface area contributed by atoms with Crippen molar-refractivity contribution < 1.29 is 0 Å². The maximum atomic E-state index is 5.91. The molecule has 2 rings (SSSR count). The first kappa shape index (κ1) is 12.8. The van der Waals surface area contributed by atoms with Gasteiger partial charge in [-0.1, -0.05) is 11.6 Å². The van der Waals surface area contributed by atoms with Gasteiger partial charge in [-0.3, -0.25) is 4.68 Å². The Morgan fingerprint density at radius 1 is 1.33 bits per heavy atom. The van der Waals surface area contributed by atoms with Crippen LogP contribution in [0.25, 0.3) is 0 Å². The van der Waals surface area contributed by atoms with Crippen molar-refractivity contribution in [2.75, 3.05) is 5.32 Å². The molecule has 2 heterocycles. The largest absolute Gasteiger partial charge is 0.363 e. The Bertz CT molecular complexity index is 543. The smallest absolute Gasteiger partial charge is 0.134 e. The van der Waals surface area contributed by atoms with Crippen molar-refractivity contribution in [2.24, 2.45) is 7.05 Å². The highest BCUT2D eigenvalue weighted by Gasteiger charge is 2.12. The molecule has 2 aromatic heterocycles. The van der Waals surface area contributed by atoms with E-state index in [-0.39, 0.29) is 6.04 Å². The molecule has 0 aromatic carbocycles. The zero-order valence-electron chi connectivity index (χ0n) is 10.9. The van der Waals surface area contributed by atoms with E-state index in [9.17, 15) is 0 Å².